The van der Waals surface area contributed by atoms with Gasteiger partial charge in [-0.3, -0.25) is 4.79 Å². The standard InChI is InChI=1S/C20H19ClO4/c1-24-20(23)13-15-9-10-19(16(12-15)6-4-5-11-22)25-14-17-7-2-3-8-18(17)21/h2-3,7-10,12,22H,5,11,13-14H2,1H3. The molecule has 0 heterocycles. The van der Waals surface area contributed by atoms with Crippen LogP contribution in [0.25, 0.3) is 0 Å². The lowest BCUT2D eigenvalue weighted by Gasteiger charge is -2.11. The van der Waals surface area contributed by atoms with E-state index >= 15 is 0 Å². The number of hydrogen-bond acceptors (Lipinski definition) is 4. The van der Waals surface area contributed by atoms with Gasteiger partial charge in [-0.2, -0.15) is 0 Å². The van der Waals surface area contributed by atoms with Crippen molar-refractivity contribution < 1.29 is 19.4 Å². The van der Waals surface area contributed by atoms with Crippen LogP contribution in [0.3, 0.4) is 0 Å². The molecular weight excluding hydrogens is 340 g/mol. The third-order valence-corrected chi connectivity index (χ3v) is 3.79. The summed E-state index contributed by atoms with van der Waals surface area (Å²) in [5.74, 6) is 6.13. The van der Waals surface area contributed by atoms with Gasteiger partial charge < -0.3 is 14.6 Å². The highest BCUT2D eigenvalue weighted by Gasteiger charge is 2.08. The summed E-state index contributed by atoms with van der Waals surface area (Å²) in [5.41, 5.74) is 2.31. The maximum atomic E-state index is 11.4. The van der Waals surface area contributed by atoms with E-state index in [-0.39, 0.29) is 19.0 Å². The minimum atomic E-state index is -0.320. The SMILES string of the molecule is COC(=O)Cc1ccc(OCc2ccccc2Cl)c(C#CCCO)c1. The lowest BCUT2D eigenvalue weighted by Crippen LogP contribution is -2.05. The third-order valence-electron chi connectivity index (χ3n) is 3.42. The quantitative estimate of drug-likeness (QED) is 0.635. The first-order valence-electron chi connectivity index (χ1n) is 7.79. The average molecular weight is 359 g/mol. The molecule has 0 aliphatic rings. The van der Waals surface area contributed by atoms with Crippen LogP contribution in [0.15, 0.2) is 42.5 Å². The minimum Gasteiger partial charge on any atom is -0.488 e. The zero-order valence-electron chi connectivity index (χ0n) is 13.9. The summed E-state index contributed by atoms with van der Waals surface area (Å²) in [5, 5.41) is 9.53. The lowest BCUT2D eigenvalue weighted by atomic mass is 10.1. The number of rotatable bonds is 6. The fourth-order valence-corrected chi connectivity index (χ4v) is 2.32. The zero-order chi connectivity index (χ0) is 18.1. The lowest BCUT2D eigenvalue weighted by molar-refractivity contribution is -0.139. The van der Waals surface area contributed by atoms with Crippen molar-refractivity contribution in [2.45, 2.75) is 19.4 Å². The molecule has 0 atom stereocenters. The van der Waals surface area contributed by atoms with Crippen molar-refractivity contribution in [1.29, 1.82) is 0 Å². The molecule has 1 N–H and O–H groups in total. The Kier molecular flexibility index (Phi) is 7.34. The molecule has 2 rings (SSSR count). The zero-order valence-corrected chi connectivity index (χ0v) is 14.7. The number of carbonyl (C=O) groups is 1. The summed E-state index contributed by atoms with van der Waals surface area (Å²) in [7, 11) is 1.35. The number of aliphatic hydroxyl groups excluding tert-OH is 1. The third kappa shape index (κ3) is 5.82. The molecule has 25 heavy (non-hydrogen) atoms. The van der Waals surface area contributed by atoms with Crippen molar-refractivity contribution in [2.75, 3.05) is 13.7 Å². The molecule has 0 radical (unpaired) electrons. The van der Waals surface area contributed by atoms with Crippen LogP contribution in [0.4, 0.5) is 0 Å². The maximum Gasteiger partial charge on any atom is 0.309 e. The highest BCUT2D eigenvalue weighted by atomic mass is 35.5. The Bertz CT molecular complexity index is 790. The van der Waals surface area contributed by atoms with E-state index in [1.807, 2.05) is 24.3 Å². The van der Waals surface area contributed by atoms with E-state index < -0.39 is 0 Å². The monoisotopic (exact) mass is 358 g/mol. The van der Waals surface area contributed by atoms with Crippen LogP contribution in [-0.2, 0) is 22.6 Å². The fraction of sp³-hybridized carbons (Fsp3) is 0.250. The molecule has 0 spiro atoms. The second-order valence-electron chi connectivity index (χ2n) is 5.24. The van der Waals surface area contributed by atoms with E-state index in [0.717, 1.165) is 11.1 Å². The predicted octanol–water partition coefficient (Wildman–Crippen LogP) is 3.37. The molecule has 2 aromatic carbocycles. The summed E-state index contributed by atoms with van der Waals surface area (Å²) < 4.78 is 10.5. The summed E-state index contributed by atoms with van der Waals surface area (Å²) in [6, 6.07) is 12.8. The number of esters is 1. The molecule has 0 aliphatic carbocycles. The second-order valence-corrected chi connectivity index (χ2v) is 5.65. The Balaban J connectivity index is 2.21. The molecular formula is C20H19ClO4. The van der Waals surface area contributed by atoms with Gasteiger partial charge in [-0.1, -0.05) is 47.7 Å². The van der Waals surface area contributed by atoms with Crippen LogP contribution in [0.1, 0.15) is 23.1 Å². The van der Waals surface area contributed by atoms with Gasteiger partial charge in [0.15, 0.2) is 0 Å². The first-order valence-corrected chi connectivity index (χ1v) is 8.17. The molecule has 0 saturated carbocycles. The molecule has 4 nitrogen and oxygen atoms in total. The summed E-state index contributed by atoms with van der Waals surface area (Å²) in [6.07, 6.45) is 0.529. The number of ether oxygens (including phenoxy) is 2. The molecule has 0 aliphatic heterocycles. The van der Waals surface area contributed by atoms with Gasteiger partial charge in [-0.25, -0.2) is 0 Å². The van der Waals surface area contributed by atoms with Crippen LogP contribution >= 0.6 is 11.6 Å². The van der Waals surface area contributed by atoms with E-state index in [1.54, 1.807) is 18.2 Å². The van der Waals surface area contributed by atoms with Crippen molar-refractivity contribution in [3.8, 4) is 17.6 Å². The number of halogens is 1. The number of methoxy groups -OCH3 is 1. The first kappa shape index (κ1) is 18.9. The van der Waals surface area contributed by atoms with Gasteiger partial charge in [0.05, 0.1) is 25.7 Å². The van der Waals surface area contributed by atoms with E-state index in [4.69, 9.17) is 21.4 Å². The van der Waals surface area contributed by atoms with Crippen LogP contribution in [0, 0.1) is 11.8 Å². The molecule has 0 unspecified atom stereocenters. The van der Waals surface area contributed by atoms with Gasteiger partial charge in [0.25, 0.3) is 0 Å². The van der Waals surface area contributed by atoms with Gasteiger partial charge >= 0.3 is 5.97 Å². The Morgan fingerprint density at radius 3 is 2.76 bits per heavy atom. The van der Waals surface area contributed by atoms with Crippen molar-refractivity contribution >= 4 is 17.6 Å². The molecule has 2 aromatic rings. The molecule has 5 heteroatoms. The van der Waals surface area contributed by atoms with Crippen LogP contribution in [0.5, 0.6) is 5.75 Å². The summed E-state index contributed by atoms with van der Waals surface area (Å²) in [6.45, 7) is 0.301. The van der Waals surface area contributed by atoms with Gasteiger partial charge in [-0.15, -0.1) is 0 Å². The largest absolute Gasteiger partial charge is 0.488 e. The molecule has 130 valence electrons. The van der Waals surface area contributed by atoms with Crippen molar-refractivity contribution in [1.82, 2.24) is 0 Å². The smallest absolute Gasteiger partial charge is 0.309 e. The normalized spacial score (nSPS) is 9.88. The van der Waals surface area contributed by atoms with Gasteiger partial charge in [0.2, 0.25) is 0 Å². The van der Waals surface area contributed by atoms with Gasteiger partial charge in [0.1, 0.15) is 12.4 Å². The van der Waals surface area contributed by atoms with Gasteiger partial charge in [-0.05, 0) is 23.8 Å². The van der Waals surface area contributed by atoms with Crippen LogP contribution in [0.2, 0.25) is 5.02 Å². The highest BCUT2D eigenvalue weighted by Crippen LogP contribution is 2.23. The van der Waals surface area contributed by atoms with Crippen LogP contribution in [-0.4, -0.2) is 24.8 Å². The Labute approximate surface area is 152 Å². The van der Waals surface area contributed by atoms with Crippen LogP contribution < -0.4 is 4.74 Å². The molecule has 0 aromatic heterocycles. The number of aliphatic hydroxyl groups is 1. The number of hydrogen-bond donors (Lipinski definition) is 1. The van der Waals surface area contributed by atoms with Gasteiger partial charge in [0, 0.05) is 17.0 Å². The molecule has 0 bridgehead atoms. The second kappa shape index (κ2) is 9.73. The first-order chi connectivity index (χ1) is 12.1. The molecule has 0 amide bonds. The molecule has 0 saturated heterocycles. The van der Waals surface area contributed by atoms with E-state index in [2.05, 4.69) is 16.6 Å². The predicted molar refractivity (Wildman–Crippen MR) is 96.5 cm³/mol. The van der Waals surface area contributed by atoms with Crippen molar-refractivity contribution in [2.24, 2.45) is 0 Å². The fourth-order valence-electron chi connectivity index (χ4n) is 2.13. The number of carbonyl (C=O) groups excluding carboxylic acids is 1. The highest BCUT2D eigenvalue weighted by molar-refractivity contribution is 6.31. The minimum absolute atomic E-state index is 0.00926. The van der Waals surface area contributed by atoms with E-state index in [1.165, 1.54) is 7.11 Å². The van der Waals surface area contributed by atoms with E-state index in [9.17, 15) is 4.79 Å². The molecule has 0 fully saturated rings. The maximum absolute atomic E-state index is 11.4. The van der Waals surface area contributed by atoms with Crippen molar-refractivity contribution in [3.63, 3.8) is 0 Å². The summed E-state index contributed by atoms with van der Waals surface area (Å²) >= 11 is 6.14. The number of benzene rings is 2. The Hall–Kier alpha value is -2.48. The van der Waals surface area contributed by atoms with Crippen molar-refractivity contribution in [3.05, 3.63) is 64.2 Å². The Morgan fingerprint density at radius 2 is 2.04 bits per heavy atom. The average Bonchev–Trinajstić information content (AvgIpc) is 2.62. The summed E-state index contributed by atoms with van der Waals surface area (Å²) in [4.78, 5) is 11.4. The topological polar surface area (TPSA) is 55.8 Å². The van der Waals surface area contributed by atoms with E-state index in [0.29, 0.717) is 29.4 Å². The Morgan fingerprint density at radius 1 is 1.24 bits per heavy atom.